The fourth-order valence-corrected chi connectivity index (χ4v) is 1.81. The number of hydrogen-bond donors (Lipinski definition) is 3. The normalized spacial score (nSPS) is 20.0. The number of aliphatic hydroxyl groups excluding tert-OH is 1. The molecule has 98 valence electrons. The maximum Gasteiger partial charge on any atom is 0.242 e. The molecular formula is C12H23N3O2. The van der Waals surface area contributed by atoms with Crippen molar-refractivity contribution >= 4 is 5.91 Å². The van der Waals surface area contributed by atoms with E-state index in [1.54, 1.807) is 11.8 Å². The van der Waals surface area contributed by atoms with Crippen LogP contribution in [0.25, 0.3) is 0 Å². The second-order valence-electron chi connectivity index (χ2n) is 4.15. The fourth-order valence-electron chi connectivity index (χ4n) is 1.81. The van der Waals surface area contributed by atoms with Crippen molar-refractivity contribution in [2.24, 2.45) is 5.73 Å². The first-order chi connectivity index (χ1) is 8.06. The summed E-state index contributed by atoms with van der Waals surface area (Å²) in [4.78, 5) is 13.5. The van der Waals surface area contributed by atoms with Crippen LogP contribution in [0.5, 0.6) is 0 Å². The molecule has 0 unspecified atom stereocenters. The molecule has 1 aliphatic heterocycles. The van der Waals surface area contributed by atoms with E-state index in [1.807, 2.05) is 7.05 Å². The lowest BCUT2D eigenvalue weighted by molar-refractivity contribution is -0.135. The number of nitrogens with two attached hydrogens (primary N) is 1. The van der Waals surface area contributed by atoms with Crippen molar-refractivity contribution in [3.8, 4) is 12.8 Å². The highest BCUT2D eigenvalue weighted by molar-refractivity contribution is 5.82. The Bertz CT molecular complexity index is 245. The van der Waals surface area contributed by atoms with E-state index in [0.29, 0.717) is 6.04 Å². The molecule has 1 rings (SSSR count). The van der Waals surface area contributed by atoms with Crippen LogP contribution in [0.4, 0.5) is 0 Å². The Labute approximate surface area is 103 Å². The summed E-state index contributed by atoms with van der Waals surface area (Å²) in [7, 11) is 1.93. The summed E-state index contributed by atoms with van der Waals surface area (Å²) in [6.45, 7) is 3.00. The number of aliphatic hydroxyl groups is 1. The Morgan fingerprint density at radius 1 is 1.47 bits per heavy atom. The molecule has 1 fully saturated rings. The number of amides is 1. The summed E-state index contributed by atoms with van der Waals surface area (Å²) in [6.07, 6.45) is 9.13. The van der Waals surface area contributed by atoms with Crippen LogP contribution < -0.4 is 11.1 Å². The zero-order valence-corrected chi connectivity index (χ0v) is 10.6. The summed E-state index contributed by atoms with van der Waals surface area (Å²) in [6, 6.07) is -0.284. The van der Waals surface area contributed by atoms with E-state index in [2.05, 4.69) is 18.2 Å². The highest BCUT2D eigenvalue weighted by atomic mass is 16.3. The van der Waals surface area contributed by atoms with E-state index in [0.717, 1.165) is 25.9 Å². The summed E-state index contributed by atoms with van der Waals surface area (Å²) in [5, 5.41) is 12.4. The first-order valence-corrected chi connectivity index (χ1v) is 5.79. The molecule has 0 aromatic rings. The first kappa shape index (κ1) is 15.9. The molecule has 5 heteroatoms. The topological polar surface area (TPSA) is 78.6 Å². The van der Waals surface area contributed by atoms with Crippen LogP contribution in [-0.4, -0.2) is 54.2 Å². The third-order valence-electron chi connectivity index (χ3n) is 3.02. The van der Waals surface area contributed by atoms with Crippen LogP contribution in [0.1, 0.15) is 19.8 Å². The van der Waals surface area contributed by atoms with Crippen LogP contribution in [0.2, 0.25) is 0 Å². The van der Waals surface area contributed by atoms with E-state index in [9.17, 15) is 9.90 Å². The number of hydrogen-bond acceptors (Lipinski definition) is 4. The van der Waals surface area contributed by atoms with Gasteiger partial charge in [0.25, 0.3) is 0 Å². The molecule has 0 aromatic carbocycles. The van der Waals surface area contributed by atoms with Crippen molar-refractivity contribution in [3.05, 3.63) is 0 Å². The molecule has 1 heterocycles. The summed E-state index contributed by atoms with van der Waals surface area (Å²) >= 11 is 0. The summed E-state index contributed by atoms with van der Waals surface area (Å²) in [5.74, 6) is -0.139. The molecule has 4 N–H and O–H groups in total. The molecular weight excluding hydrogens is 218 g/mol. The molecule has 17 heavy (non-hydrogen) atoms. The molecule has 0 aliphatic carbocycles. The molecule has 0 bridgehead atoms. The van der Waals surface area contributed by atoms with Gasteiger partial charge in [-0.3, -0.25) is 4.79 Å². The second kappa shape index (κ2) is 8.07. The van der Waals surface area contributed by atoms with Gasteiger partial charge in [0.2, 0.25) is 5.91 Å². The molecule has 2 atom stereocenters. The van der Waals surface area contributed by atoms with Gasteiger partial charge in [-0.1, -0.05) is 0 Å². The SMILES string of the molecule is C#C.CNC1CCN(C(=O)[C@@H](N)[C@@H](C)O)CC1. The van der Waals surface area contributed by atoms with Crippen molar-refractivity contribution in [1.82, 2.24) is 10.2 Å². The predicted octanol–water partition coefficient (Wildman–Crippen LogP) is -0.846. The number of carbonyl (C=O) groups excluding carboxylic acids is 1. The third-order valence-corrected chi connectivity index (χ3v) is 3.02. The quantitative estimate of drug-likeness (QED) is 0.563. The lowest BCUT2D eigenvalue weighted by atomic mass is 10.0. The Morgan fingerprint density at radius 3 is 2.29 bits per heavy atom. The van der Waals surface area contributed by atoms with E-state index in [1.165, 1.54) is 0 Å². The number of piperidine rings is 1. The van der Waals surface area contributed by atoms with Gasteiger partial charge in [-0.05, 0) is 26.8 Å². The molecule has 0 aromatic heterocycles. The van der Waals surface area contributed by atoms with Gasteiger partial charge < -0.3 is 21.1 Å². The fraction of sp³-hybridized carbons (Fsp3) is 0.750. The number of carbonyl (C=O) groups is 1. The smallest absolute Gasteiger partial charge is 0.242 e. The van der Waals surface area contributed by atoms with Crippen molar-refractivity contribution in [2.45, 2.75) is 38.0 Å². The van der Waals surface area contributed by atoms with Crippen molar-refractivity contribution in [2.75, 3.05) is 20.1 Å². The molecule has 5 nitrogen and oxygen atoms in total. The molecule has 0 radical (unpaired) electrons. The third kappa shape index (κ3) is 4.73. The molecule has 1 saturated heterocycles. The largest absolute Gasteiger partial charge is 0.391 e. The minimum absolute atomic E-state index is 0.139. The van der Waals surface area contributed by atoms with Crippen molar-refractivity contribution in [1.29, 1.82) is 0 Å². The Kier molecular flexibility index (Phi) is 7.55. The number of nitrogens with zero attached hydrogens (tertiary/aromatic N) is 1. The van der Waals surface area contributed by atoms with Gasteiger partial charge in [-0.15, -0.1) is 12.8 Å². The summed E-state index contributed by atoms with van der Waals surface area (Å²) in [5.41, 5.74) is 5.60. The average Bonchev–Trinajstić information content (AvgIpc) is 2.39. The monoisotopic (exact) mass is 241 g/mol. The van der Waals surface area contributed by atoms with Crippen LogP contribution in [0, 0.1) is 12.8 Å². The van der Waals surface area contributed by atoms with Crippen molar-refractivity contribution in [3.63, 3.8) is 0 Å². The maximum absolute atomic E-state index is 11.8. The zero-order valence-electron chi connectivity index (χ0n) is 10.6. The maximum atomic E-state index is 11.8. The minimum Gasteiger partial charge on any atom is -0.391 e. The van der Waals surface area contributed by atoms with Gasteiger partial charge in [0.1, 0.15) is 6.04 Å². The Hall–Kier alpha value is -1.09. The van der Waals surface area contributed by atoms with Crippen LogP contribution >= 0.6 is 0 Å². The van der Waals surface area contributed by atoms with Gasteiger partial charge in [0.05, 0.1) is 6.10 Å². The number of nitrogens with one attached hydrogen (secondary N) is 1. The van der Waals surface area contributed by atoms with E-state index in [4.69, 9.17) is 5.73 Å². The van der Waals surface area contributed by atoms with E-state index < -0.39 is 12.1 Å². The molecule has 0 spiro atoms. The molecule has 0 saturated carbocycles. The number of terminal acetylenes is 1. The highest BCUT2D eigenvalue weighted by Crippen LogP contribution is 2.11. The van der Waals surface area contributed by atoms with E-state index >= 15 is 0 Å². The molecule has 1 amide bonds. The van der Waals surface area contributed by atoms with Gasteiger partial charge in [-0.2, -0.15) is 0 Å². The second-order valence-corrected chi connectivity index (χ2v) is 4.15. The zero-order chi connectivity index (χ0) is 13.4. The Morgan fingerprint density at radius 2 is 1.94 bits per heavy atom. The highest BCUT2D eigenvalue weighted by Gasteiger charge is 2.27. The molecule has 1 aliphatic rings. The summed E-state index contributed by atoms with van der Waals surface area (Å²) < 4.78 is 0. The van der Waals surface area contributed by atoms with Crippen LogP contribution in [-0.2, 0) is 4.79 Å². The standard InChI is InChI=1S/C10H21N3O2.C2H2/c1-7(14)9(11)10(15)13-5-3-8(12-2)4-6-13;1-2/h7-9,12,14H,3-6,11H2,1-2H3;1-2H/t7-,9+;/m1./s1. The van der Waals surface area contributed by atoms with Gasteiger partial charge in [0, 0.05) is 19.1 Å². The Balaban J connectivity index is 0.00000121. The van der Waals surface area contributed by atoms with Crippen LogP contribution in [0.15, 0.2) is 0 Å². The van der Waals surface area contributed by atoms with Gasteiger partial charge in [-0.25, -0.2) is 0 Å². The lowest BCUT2D eigenvalue weighted by Gasteiger charge is -2.33. The van der Waals surface area contributed by atoms with Crippen molar-refractivity contribution < 1.29 is 9.90 Å². The van der Waals surface area contributed by atoms with Gasteiger partial charge in [0.15, 0.2) is 0 Å². The average molecular weight is 241 g/mol. The first-order valence-electron chi connectivity index (χ1n) is 5.79. The number of likely N-dealkylation sites (tertiary alicyclic amines) is 1. The van der Waals surface area contributed by atoms with Gasteiger partial charge >= 0.3 is 0 Å². The lowest BCUT2D eigenvalue weighted by Crippen LogP contribution is -2.53. The number of rotatable bonds is 3. The van der Waals surface area contributed by atoms with Crippen LogP contribution in [0.3, 0.4) is 0 Å². The van der Waals surface area contributed by atoms with E-state index in [-0.39, 0.29) is 5.91 Å². The predicted molar refractivity (Wildman–Crippen MR) is 68.2 cm³/mol. The minimum atomic E-state index is -0.781.